The first-order valence-electron chi connectivity index (χ1n) is 6.52. The number of rotatable bonds is 2. The molecule has 0 aromatic heterocycles. The van der Waals surface area contributed by atoms with Crippen molar-refractivity contribution < 1.29 is 14.6 Å². The van der Waals surface area contributed by atoms with Crippen LogP contribution in [0.15, 0.2) is 18.2 Å². The number of benzene rings is 1. The van der Waals surface area contributed by atoms with Gasteiger partial charge in [-0.15, -0.1) is 0 Å². The van der Waals surface area contributed by atoms with Gasteiger partial charge in [0.15, 0.2) is 0 Å². The minimum Gasteiger partial charge on any atom is -0.480 e. The van der Waals surface area contributed by atoms with E-state index in [2.05, 4.69) is 0 Å². The fourth-order valence-electron chi connectivity index (χ4n) is 1.77. The van der Waals surface area contributed by atoms with Crippen LogP contribution in [0, 0.1) is 0 Å². The molecule has 118 valence electrons. The van der Waals surface area contributed by atoms with Gasteiger partial charge in [0.2, 0.25) is 0 Å². The lowest BCUT2D eigenvalue weighted by atomic mass is 10.0. The molecule has 0 unspecified atom stereocenters. The minimum absolute atomic E-state index is 0.497. The number of aliphatic carboxylic acids is 1. The van der Waals surface area contributed by atoms with Crippen LogP contribution in [0.5, 0.6) is 0 Å². The average Bonchev–Trinajstić information content (AvgIpc) is 2.45. The van der Waals surface area contributed by atoms with E-state index in [0.29, 0.717) is 42.0 Å². The number of anilines is 1. The largest absolute Gasteiger partial charge is 0.480 e. The van der Waals surface area contributed by atoms with E-state index >= 15 is 0 Å². The van der Waals surface area contributed by atoms with Gasteiger partial charge in [-0.3, -0.25) is 9.69 Å². The number of nitrogens with zero attached hydrogens (tertiary/aromatic N) is 1. The Balaban J connectivity index is 0.000000219. The maximum absolute atomic E-state index is 10.8. The Morgan fingerprint density at radius 2 is 1.86 bits per heavy atom. The van der Waals surface area contributed by atoms with E-state index in [4.69, 9.17) is 38.8 Å². The molecule has 0 bridgehead atoms. The van der Waals surface area contributed by atoms with Gasteiger partial charge in [0, 0.05) is 18.8 Å². The summed E-state index contributed by atoms with van der Waals surface area (Å²) < 4.78 is 5.14. The van der Waals surface area contributed by atoms with Crippen LogP contribution in [0.25, 0.3) is 0 Å². The Morgan fingerprint density at radius 1 is 1.29 bits per heavy atom. The van der Waals surface area contributed by atoms with Gasteiger partial charge in [0.05, 0.1) is 23.3 Å². The molecule has 1 aromatic carbocycles. The molecule has 0 radical (unpaired) electrons. The highest BCUT2D eigenvalue weighted by Crippen LogP contribution is 2.23. The van der Waals surface area contributed by atoms with Crippen molar-refractivity contribution in [2.45, 2.75) is 19.4 Å². The summed E-state index contributed by atoms with van der Waals surface area (Å²) in [5.74, 6) is -0.774. The van der Waals surface area contributed by atoms with Crippen molar-refractivity contribution in [3.8, 4) is 0 Å². The number of carbonyl (C=O) groups is 1. The maximum atomic E-state index is 10.8. The van der Waals surface area contributed by atoms with Crippen LogP contribution in [-0.4, -0.2) is 47.8 Å². The Bertz CT molecular complexity index is 489. The maximum Gasteiger partial charge on any atom is 0.323 e. The summed E-state index contributed by atoms with van der Waals surface area (Å²) in [5.41, 5.74) is 5.25. The SMILES string of the molecule is CC(C)(C(=O)O)N1CCOCC1.Nc1ccc(Cl)c(Cl)c1. The van der Waals surface area contributed by atoms with Crippen molar-refractivity contribution in [3.05, 3.63) is 28.2 Å². The molecule has 0 spiro atoms. The normalized spacial score (nSPS) is 16.0. The Kier molecular flexibility index (Phi) is 6.74. The molecule has 5 nitrogen and oxygen atoms in total. The van der Waals surface area contributed by atoms with Crippen molar-refractivity contribution in [3.63, 3.8) is 0 Å². The summed E-state index contributed by atoms with van der Waals surface area (Å²) in [6, 6.07) is 4.98. The average molecular weight is 335 g/mol. The molecule has 1 aliphatic heterocycles. The highest BCUT2D eigenvalue weighted by atomic mass is 35.5. The number of carboxylic acid groups (broad SMARTS) is 1. The number of morpholine rings is 1. The van der Waals surface area contributed by atoms with E-state index < -0.39 is 11.5 Å². The molecular formula is C14H20Cl2N2O3. The van der Waals surface area contributed by atoms with Crippen molar-refractivity contribution >= 4 is 34.9 Å². The summed E-state index contributed by atoms with van der Waals surface area (Å²) in [4.78, 5) is 12.8. The molecule has 1 fully saturated rings. The zero-order chi connectivity index (χ0) is 16.0. The van der Waals surface area contributed by atoms with Gasteiger partial charge in [-0.2, -0.15) is 0 Å². The number of carboxylic acids is 1. The molecule has 21 heavy (non-hydrogen) atoms. The molecule has 1 aromatic rings. The third kappa shape index (κ3) is 5.36. The standard InChI is InChI=1S/C8H15NO3.C6H5Cl2N/c1-8(2,7(10)11)9-3-5-12-6-4-9;7-5-2-1-4(9)3-6(5)8/h3-6H2,1-2H3,(H,10,11);1-3H,9H2. The van der Waals surface area contributed by atoms with Crippen LogP contribution >= 0.6 is 23.2 Å². The van der Waals surface area contributed by atoms with Gasteiger partial charge in [-0.25, -0.2) is 0 Å². The highest BCUT2D eigenvalue weighted by Gasteiger charge is 2.35. The van der Waals surface area contributed by atoms with Crippen molar-refractivity contribution in [2.75, 3.05) is 32.0 Å². The van der Waals surface area contributed by atoms with E-state index in [9.17, 15) is 4.79 Å². The number of halogens is 2. The van der Waals surface area contributed by atoms with Gasteiger partial charge in [-0.05, 0) is 32.0 Å². The number of hydrogen-bond donors (Lipinski definition) is 2. The second-order valence-electron chi connectivity index (χ2n) is 5.14. The predicted octanol–water partition coefficient (Wildman–Crippen LogP) is 2.76. The van der Waals surface area contributed by atoms with E-state index in [1.165, 1.54) is 0 Å². The van der Waals surface area contributed by atoms with Gasteiger partial charge >= 0.3 is 5.97 Å². The lowest BCUT2D eigenvalue weighted by molar-refractivity contribution is -0.152. The molecule has 0 saturated carbocycles. The minimum atomic E-state index is -0.774. The second-order valence-corrected chi connectivity index (χ2v) is 5.95. The third-order valence-corrected chi connectivity index (χ3v) is 4.01. The summed E-state index contributed by atoms with van der Waals surface area (Å²) >= 11 is 11.2. The van der Waals surface area contributed by atoms with Crippen LogP contribution in [0.4, 0.5) is 5.69 Å². The number of nitrogen functional groups attached to an aromatic ring is 1. The monoisotopic (exact) mass is 334 g/mol. The fraction of sp³-hybridized carbons (Fsp3) is 0.500. The van der Waals surface area contributed by atoms with Crippen LogP contribution in [0.1, 0.15) is 13.8 Å². The van der Waals surface area contributed by atoms with Crippen molar-refractivity contribution in [2.24, 2.45) is 0 Å². The Morgan fingerprint density at radius 3 is 2.29 bits per heavy atom. The molecule has 3 N–H and O–H groups in total. The molecule has 0 atom stereocenters. The van der Waals surface area contributed by atoms with Gasteiger partial charge in [0.25, 0.3) is 0 Å². The van der Waals surface area contributed by atoms with Crippen LogP contribution in [0.3, 0.4) is 0 Å². The quantitative estimate of drug-likeness (QED) is 0.813. The smallest absolute Gasteiger partial charge is 0.323 e. The van der Waals surface area contributed by atoms with E-state index in [0.717, 1.165) is 0 Å². The van der Waals surface area contributed by atoms with Gasteiger partial charge < -0.3 is 15.6 Å². The molecule has 1 aliphatic rings. The second kappa shape index (κ2) is 7.84. The topological polar surface area (TPSA) is 75.8 Å². The van der Waals surface area contributed by atoms with Gasteiger partial charge in [0.1, 0.15) is 5.54 Å². The first-order valence-corrected chi connectivity index (χ1v) is 7.27. The Labute approximate surface area is 134 Å². The van der Waals surface area contributed by atoms with Crippen LogP contribution in [0.2, 0.25) is 10.0 Å². The Hall–Kier alpha value is -1.01. The molecule has 2 rings (SSSR count). The van der Waals surface area contributed by atoms with E-state index in [1.807, 2.05) is 4.90 Å². The predicted molar refractivity (Wildman–Crippen MR) is 85.0 cm³/mol. The van der Waals surface area contributed by atoms with Crippen molar-refractivity contribution in [1.29, 1.82) is 0 Å². The number of ether oxygens (including phenoxy) is 1. The summed E-state index contributed by atoms with van der Waals surface area (Å²) in [7, 11) is 0. The molecule has 1 saturated heterocycles. The lowest BCUT2D eigenvalue weighted by Crippen LogP contribution is -2.54. The molecular weight excluding hydrogens is 315 g/mol. The van der Waals surface area contributed by atoms with E-state index in [1.54, 1.807) is 32.0 Å². The van der Waals surface area contributed by atoms with Gasteiger partial charge in [-0.1, -0.05) is 23.2 Å². The van der Waals surface area contributed by atoms with Crippen molar-refractivity contribution in [1.82, 2.24) is 4.90 Å². The summed E-state index contributed by atoms with van der Waals surface area (Å²) in [5, 5.41) is 9.94. The van der Waals surface area contributed by atoms with Crippen LogP contribution in [-0.2, 0) is 9.53 Å². The molecule has 0 aliphatic carbocycles. The fourth-order valence-corrected chi connectivity index (χ4v) is 2.08. The summed E-state index contributed by atoms with van der Waals surface area (Å²) in [6.45, 7) is 6.13. The first kappa shape index (κ1) is 18.0. The third-order valence-electron chi connectivity index (χ3n) is 3.27. The molecule has 0 amide bonds. The lowest BCUT2D eigenvalue weighted by Gasteiger charge is -2.37. The zero-order valence-corrected chi connectivity index (χ0v) is 13.6. The van der Waals surface area contributed by atoms with E-state index in [-0.39, 0.29) is 0 Å². The summed E-state index contributed by atoms with van der Waals surface area (Å²) in [6.07, 6.45) is 0. The number of hydrogen-bond acceptors (Lipinski definition) is 4. The highest BCUT2D eigenvalue weighted by molar-refractivity contribution is 6.42. The molecule has 7 heteroatoms. The van der Waals surface area contributed by atoms with Crippen LogP contribution < -0.4 is 5.73 Å². The number of nitrogens with two attached hydrogens (primary N) is 1. The first-order chi connectivity index (χ1) is 9.75. The molecule has 1 heterocycles. The zero-order valence-electron chi connectivity index (χ0n) is 12.1.